The zero-order valence-electron chi connectivity index (χ0n) is 14.1. The summed E-state index contributed by atoms with van der Waals surface area (Å²) in [6.45, 7) is 1.87. The Morgan fingerprint density at radius 1 is 1.08 bits per heavy atom. The van der Waals surface area contributed by atoms with Gasteiger partial charge in [-0.15, -0.1) is 0 Å². The number of nitrogens with one attached hydrogen (secondary N) is 1. The summed E-state index contributed by atoms with van der Waals surface area (Å²) in [7, 11) is 0. The number of rotatable bonds is 6. The number of hydrogen-bond acceptors (Lipinski definition) is 4. The molecule has 0 saturated carbocycles. The molecule has 136 valence electrons. The van der Waals surface area contributed by atoms with E-state index in [-0.39, 0.29) is 17.6 Å². The summed E-state index contributed by atoms with van der Waals surface area (Å²) in [5.74, 6) is -1.03. The Labute approximate surface area is 155 Å². The highest BCUT2D eigenvalue weighted by molar-refractivity contribution is 7.80. The Bertz CT molecular complexity index is 840. The summed E-state index contributed by atoms with van der Waals surface area (Å²) >= 11 is 4.60. The SMILES string of the molecule is CC(Cc1ccc(F)cc1)C(O)(c1ccc(F)cc1)C(S)c1cn[nH]n1. The molecule has 0 aliphatic rings. The molecule has 0 radical (unpaired) electrons. The number of thiol groups is 1. The van der Waals surface area contributed by atoms with E-state index in [1.54, 1.807) is 24.3 Å². The first kappa shape index (κ1) is 18.5. The molecule has 3 aromatic rings. The van der Waals surface area contributed by atoms with E-state index in [1.807, 2.05) is 6.92 Å². The molecule has 0 aliphatic carbocycles. The van der Waals surface area contributed by atoms with Crippen LogP contribution in [0.15, 0.2) is 54.7 Å². The van der Waals surface area contributed by atoms with Crippen LogP contribution in [-0.4, -0.2) is 20.5 Å². The number of benzene rings is 2. The molecule has 3 atom stereocenters. The standard InChI is InChI=1S/C19H19F2N3OS/c1-12(10-13-2-6-15(20)7-3-13)19(25,14-4-8-16(21)9-5-14)18(26)17-11-22-24-23-17/h2-9,11-12,18,25-26H,10H2,1H3,(H,22,23,24). The van der Waals surface area contributed by atoms with Gasteiger partial charge in [-0.2, -0.15) is 28.0 Å². The van der Waals surface area contributed by atoms with Crippen molar-refractivity contribution in [2.45, 2.75) is 24.2 Å². The van der Waals surface area contributed by atoms with Gasteiger partial charge in [-0.05, 0) is 47.7 Å². The first-order valence-electron chi connectivity index (χ1n) is 8.18. The maximum atomic E-state index is 13.4. The minimum absolute atomic E-state index is 0.315. The summed E-state index contributed by atoms with van der Waals surface area (Å²) in [4.78, 5) is 0. The van der Waals surface area contributed by atoms with Crippen molar-refractivity contribution in [3.63, 3.8) is 0 Å². The minimum Gasteiger partial charge on any atom is -0.383 e. The van der Waals surface area contributed by atoms with Crippen molar-refractivity contribution in [1.29, 1.82) is 0 Å². The van der Waals surface area contributed by atoms with Gasteiger partial charge >= 0.3 is 0 Å². The van der Waals surface area contributed by atoms with Crippen LogP contribution in [0.3, 0.4) is 0 Å². The normalized spacial score (nSPS) is 16.0. The van der Waals surface area contributed by atoms with Crippen LogP contribution in [0.25, 0.3) is 0 Å². The molecule has 4 nitrogen and oxygen atoms in total. The van der Waals surface area contributed by atoms with Gasteiger partial charge in [0, 0.05) is 0 Å². The molecule has 2 aromatic carbocycles. The van der Waals surface area contributed by atoms with Crippen LogP contribution in [0, 0.1) is 17.6 Å². The van der Waals surface area contributed by atoms with Crippen LogP contribution >= 0.6 is 12.6 Å². The van der Waals surface area contributed by atoms with Crippen molar-refractivity contribution in [3.8, 4) is 0 Å². The van der Waals surface area contributed by atoms with Gasteiger partial charge < -0.3 is 5.11 Å². The highest BCUT2D eigenvalue weighted by Crippen LogP contribution is 2.45. The summed E-state index contributed by atoms with van der Waals surface area (Å²) in [6.07, 6.45) is 1.97. The fraction of sp³-hybridized carbons (Fsp3) is 0.263. The molecule has 0 fully saturated rings. The Morgan fingerprint density at radius 2 is 1.65 bits per heavy atom. The topological polar surface area (TPSA) is 61.8 Å². The largest absolute Gasteiger partial charge is 0.383 e. The molecule has 1 heterocycles. The number of aromatic nitrogens is 3. The monoisotopic (exact) mass is 375 g/mol. The van der Waals surface area contributed by atoms with Crippen LogP contribution in [0.1, 0.15) is 29.0 Å². The molecule has 1 aromatic heterocycles. The van der Waals surface area contributed by atoms with E-state index in [4.69, 9.17) is 0 Å². The van der Waals surface area contributed by atoms with E-state index >= 15 is 0 Å². The molecule has 0 aliphatic heterocycles. The quantitative estimate of drug-likeness (QED) is 0.574. The highest BCUT2D eigenvalue weighted by atomic mass is 32.1. The molecular weight excluding hydrogens is 356 g/mol. The number of halogens is 2. The molecule has 0 bridgehead atoms. The molecule has 0 spiro atoms. The predicted molar refractivity (Wildman–Crippen MR) is 97.7 cm³/mol. The molecule has 0 amide bonds. The minimum atomic E-state index is -1.44. The number of aliphatic hydroxyl groups is 1. The fourth-order valence-corrected chi connectivity index (χ4v) is 3.65. The van der Waals surface area contributed by atoms with Crippen molar-refractivity contribution in [3.05, 3.63) is 83.2 Å². The molecule has 3 unspecified atom stereocenters. The van der Waals surface area contributed by atoms with Gasteiger partial charge in [-0.1, -0.05) is 31.2 Å². The van der Waals surface area contributed by atoms with Crippen LogP contribution in [0.4, 0.5) is 8.78 Å². The average molecular weight is 375 g/mol. The van der Waals surface area contributed by atoms with Gasteiger partial charge in [0.2, 0.25) is 0 Å². The second-order valence-corrected chi connectivity index (χ2v) is 6.88. The van der Waals surface area contributed by atoms with Crippen molar-refractivity contribution < 1.29 is 13.9 Å². The lowest BCUT2D eigenvalue weighted by atomic mass is 9.76. The number of hydrogen-bond donors (Lipinski definition) is 3. The second kappa shape index (κ2) is 7.55. The third-order valence-electron chi connectivity index (χ3n) is 4.64. The van der Waals surface area contributed by atoms with Crippen LogP contribution < -0.4 is 0 Å². The highest BCUT2D eigenvalue weighted by Gasteiger charge is 2.43. The summed E-state index contributed by atoms with van der Waals surface area (Å²) in [5, 5.41) is 21.3. The van der Waals surface area contributed by atoms with E-state index in [0.717, 1.165) is 5.56 Å². The van der Waals surface area contributed by atoms with E-state index in [2.05, 4.69) is 28.0 Å². The molecule has 26 heavy (non-hydrogen) atoms. The van der Waals surface area contributed by atoms with E-state index in [9.17, 15) is 13.9 Å². The molecular formula is C19H19F2N3OS. The van der Waals surface area contributed by atoms with Gasteiger partial charge in [0.15, 0.2) is 0 Å². The van der Waals surface area contributed by atoms with Crippen LogP contribution in [0.5, 0.6) is 0 Å². The molecule has 0 saturated heterocycles. The lowest BCUT2D eigenvalue weighted by Crippen LogP contribution is -2.39. The molecule has 7 heteroatoms. The third kappa shape index (κ3) is 3.64. The third-order valence-corrected chi connectivity index (χ3v) is 5.30. The lowest BCUT2D eigenvalue weighted by molar-refractivity contribution is -0.0204. The Morgan fingerprint density at radius 3 is 2.19 bits per heavy atom. The summed E-state index contributed by atoms with van der Waals surface area (Å²) in [5.41, 5.74) is 0.435. The van der Waals surface area contributed by atoms with E-state index in [1.165, 1.54) is 30.5 Å². The maximum absolute atomic E-state index is 13.4. The van der Waals surface area contributed by atoms with Gasteiger partial charge in [-0.3, -0.25) is 0 Å². The lowest BCUT2D eigenvalue weighted by Gasteiger charge is -2.38. The van der Waals surface area contributed by atoms with Crippen molar-refractivity contribution in [2.75, 3.05) is 0 Å². The predicted octanol–water partition coefficient (Wildman–Crippen LogP) is 3.82. The van der Waals surface area contributed by atoms with Gasteiger partial charge in [0.25, 0.3) is 0 Å². The summed E-state index contributed by atoms with van der Waals surface area (Å²) < 4.78 is 26.5. The Kier molecular flexibility index (Phi) is 5.38. The molecule has 2 N–H and O–H groups in total. The second-order valence-electron chi connectivity index (χ2n) is 6.36. The fourth-order valence-electron chi connectivity index (χ4n) is 3.13. The zero-order valence-corrected chi connectivity index (χ0v) is 15.0. The Hall–Kier alpha value is -2.25. The van der Waals surface area contributed by atoms with Crippen molar-refractivity contribution >= 4 is 12.6 Å². The average Bonchev–Trinajstić information content (AvgIpc) is 3.17. The van der Waals surface area contributed by atoms with E-state index < -0.39 is 10.9 Å². The number of H-pyrrole nitrogens is 1. The van der Waals surface area contributed by atoms with Crippen molar-refractivity contribution in [2.24, 2.45) is 5.92 Å². The van der Waals surface area contributed by atoms with E-state index in [0.29, 0.717) is 17.7 Å². The number of nitrogens with zero attached hydrogens (tertiary/aromatic N) is 2. The Balaban J connectivity index is 1.98. The first-order chi connectivity index (χ1) is 12.4. The maximum Gasteiger partial charge on any atom is 0.123 e. The first-order valence-corrected chi connectivity index (χ1v) is 8.69. The van der Waals surface area contributed by atoms with Gasteiger partial charge in [-0.25, -0.2) is 8.78 Å². The van der Waals surface area contributed by atoms with Crippen LogP contribution in [0.2, 0.25) is 0 Å². The van der Waals surface area contributed by atoms with Crippen molar-refractivity contribution in [1.82, 2.24) is 15.4 Å². The smallest absolute Gasteiger partial charge is 0.123 e. The van der Waals surface area contributed by atoms with Crippen LogP contribution in [-0.2, 0) is 12.0 Å². The zero-order chi connectivity index (χ0) is 18.7. The van der Waals surface area contributed by atoms with Gasteiger partial charge in [0.05, 0.1) is 17.1 Å². The molecule has 3 rings (SSSR count). The number of aromatic amines is 1. The van der Waals surface area contributed by atoms with Gasteiger partial charge in [0.1, 0.15) is 17.2 Å². The summed E-state index contributed by atoms with van der Waals surface area (Å²) in [6, 6.07) is 11.8.